The van der Waals surface area contributed by atoms with Crippen LogP contribution in [0.5, 0.6) is 5.75 Å². The van der Waals surface area contributed by atoms with Crippen LogP contribution in [0.15, 0.2) is 76.5 Å². The van der Waals surface area contributed by atoms with Gasteiger partial charge in [-0.05, 0) is 49.4 Å². The number of benzene rings is 2. The Balaban J connectivity index is 1.35. The van der Waals surface area contributed by atoms with Gasteiger partial charge in [0.1, 0.15) is 11.5 Å². The largest absolute Gasteiger partial charge is 0.484 e. The summed E-state index contributed by atoms with van der Waals surface area (Å²) in [6.45, 7) is 1.59. The molecule has 0 saturated heterocycles. The molecule has 174 valence electrons. The molecule has 34 heavy (non-hydrogen) atoms. The van der Waals surface area contributed by atoms with Crippen LogP contribution >= 0.6 is 23.4 Å². The van der Waals surface area contributed by atoms with Gasteiger partial charge in [-0.3, -0.25) is 25.0 Å². The van der Waals surface area contributed by atoms with Crippen molar-refractivity contribution in [1.82, 2.24) is 25.6 Å². The van der Waals surface area contributed by atoms with Crippen molar-refractivity contribution >= 4 is 35.2 Å². The number of hydrogen-bond acceptors (Lipinski definition) is 7. The highest BCUT2D eigenvalue weighted by Gasteiger charge is 2.19. The second-order valence-electron chi connectivity index (χ2n) is 7.00. The smallest absolute Gasteiger partial charge is 0.276 e. The molecular formula is C23H20ClN5O4S. The van der Waals surface area contributed by atoms with Crippen LogP contribution in [0.1, 0.15) is 5.76 Å². The summed E-state index contributed by atoms with van der Waals surface area (Å²) in [5.41, 5.74) is 6.34. The van der Waals surface area contributed by atoms with E-state index in [9.17, 15) is 9.59 Å². The fourth-order valence-corrected chi connectivity index (χ4v) is 3.86. The minimum Gasteiger partial charge on any atom is -0.484 e. The first kappa shape index (κ1) is 23.4. The predicted molar refractivity (Wildman–Crippen MR) is 128 cm³/mol. The number of aromatic nitrogens is 3. The zero-order chi connectivity index (χ0) is 23.9. The zero-order valence-electron chi connectivity index (χ0n) is 18.0. The van der Waals surface area contributed by atoms with Crippen LogP contribution < -0.4 is 15.6 Å². The van der Waals surface area contributed by atoms with Gasteiger partial charge in [0.2, 0.25) is 5.91 Å². The fraction of sp³-hybridized carbons (Fsp3) is 0.130. The molecule has 0 fully saturated rings. The van der Waals surface area contributed by atoms with E-state index in [2.05, 4.69) is 21.0 Å². The first-order valence-electron chi connectivity index (χ1n) is 10.2. The fourth-order valence-electron chi connectivity index (χ4n) is 2.99. The van der Waals surface area contributed by atoms with E-state index in [1.54, 1.807) is 30.5 Å². The predicted octanol–water partition coefficient (Wildman–Crippen LogP) is 3.81. The van der Waals surface area contributed by atoms with Crippen molar-refractivity contribution in [3.63, 3.8) is 0 Å². The Morgan fingerprint density at radius 3 is 2.47 bits per heavy atom. The molecule has 4 aromatic rings. The average molecular weight is 498 g/mol. The number of amides is 2. The number of furan rings is 1. The molecule has 0 radical (unpaired) electrons. The molecule has 2 amide bonds. The Morgan fingerprint density at radius 1 is 1.03 bits per heavy atom. The molecular weight excluding hydrogens is 478 g/mol. The third-order valence-corrected chi connectivity index (χ3v) is 5.79. The van der Waals surface area contributed by atoms with Crippen molar-refractivity contribution in [3.05, 3.63) is 77.7 Å². The van der Waals surface area contributed by atoms with Crippen LogP contribution in [-0.4, -0.2) is 38.9 Å². The molecule has 9 nitrogen and oxygen atoms in total. The van der Waals surface area contributed by atoms with Crippen molar-refractivity contribution in [2.75, 3.05) is 12.4 Å². The van der Waals surface area contributed by atoms with Crippen molar-refractivity contribution < 1.29 is 18.7 Å². The van der Waals surface area contributed by atoms with Crippen LogP contribution in [0.4, 0.5) is 0 Å². The second kappa shape index (κ2) is 10.9. The topological polar surface area (TPSA) is 111 Å². The Bertz CT molecular complexity index is 1270. The zero-order valence-corrected chi connectivity index (χ0v) is 19.6. The van der Waals surface area contributed by atoms with E-state index in [1.165, 1.54) is 11.8 Å². The molecule has 4 rings (SSSR count). The molecule has 0 bridgehead atoms. The van der Waals surface area contributed by atoms with Gasteiger partial charge in [0.25, 0.3) is 5.91 Å². The maximum Gasteiger partial charge on any atom is 0.276 e. The molecule has 11 heteroatoms. The summed E-state index contributed by atoms with van der Waals surface area (Å²) in [6.07, 6.45) is 1.59. The highest BCUT2D eigenvalue weighted by molar-refractivity contribution is 7.99. The number of hydrogen-bond donors (Lipinski definition) is 2. The van der Waals surface area contributed by atoms with Crippen LogP contribution in [0.25, 0.3) is 17.1 Å². The van der Waals surface area contributed by atoms with Crippen LogP contribution in [-0.2, 0) is 9.59 Å². The Kier molecular flexibility index (Phi) is 7.51. The van der Waals surface area contributed by atoms with E-state index < -0.39 is 11.8 Å². The molecule has 2 heterocycles. The summed E-state index contributed by atoms with van der Waals surface area (Å²) in [4.78, 5) is 24.2. The molecule has 2 aromatic carbocycles. The third-order valence-electron chi connectivity index (χ3n) is 4.60. The van der Waals surface area contributed by atoms with E-state index in [0.29, 0.717) is 27.5 Å². The molecule has 2 aromatic heterocycles. The SMILES string of the molecule is Cc1occc1-c1nnc(SCC(=O)NNC(=O)COc2ccc(Cl)cc2)n1-c1ccccc1. The van der Waals surface area contributed by atoms with Gasteiger partial charge in [-0.2, -0.15) is 0 Å². The number of para-hydroxylation sites is 1. The number of nitrogens with one attached hydrogen (secondary N) is 2. The molecule has 0 aliphatic carbocycles. The summed E-state index contributed by atoms with van der Waals surface area (Å²) in [6, 6.07) is 18.0. The van der Waals surface area contributed by atoms with Crippen LogP contribution in [0.3, 0.4) is 0 Å². The molecule has 0 atom stereocenters. The molecule has 0 saturated carbocycles. The lowest BCUT2D eigenvalue weighted by atomic mass is 10.2. The summed E-state index contributed by atoms with van der Waals surface area (Å²) < 4.78 is 12.6. The van der Waals surface area contributed by atoms with Crippen molar-refractivity contribution in [2.45, 2.75) is 12.1 Å². The summed E-state index contributed by atoms with van der Waals surface area (Å²) in [5, 5.41) is 9.66. The number of aryl methyl sites for hydroxylation is 1. The highest BCUT2D eigenvalue weighted by atomic mass is 35.5. The molecule has 0 aliphatic rings. The first-order chi connectivity index (χ1) is 16.5. The van der Waals surface area contributed by atoms with E-state index in [-0.39, 0.29) is 12.4 Å². The molecule has 0 unspecified atom stereocenters. The van der Waals surface area contributed by atoms with Gasteiger partial charge >= 0.3 is 0 Å². The van der Waals surface area contributed by atoms with Gasteiger partial charge in [-0.25, -0.2) is 0 Å². The minimum absolute atomic E-state index is 0.00760. The minimum atomic E-state index is -0.501. The van der Waals surface area contributed by atoms with Gasteiger partial charge in [0, 0.05) is 10.7 Å². The number of thioether (sulfide) groups is 1. The number of carbonyl (C=O) groups excluding carboxylic acids is 2. The van der Waals surface area contributed by atoms with Gasteiger partial charge in [0.15, 0.2) is 17.6 Å². The number of nitrogens with zero attached hydrogens (tertiary/aromatic N) is 3. The van der Waals surface area contributed by atoms with Gasteiger partial charge in [-0.15, -0.1) is 10.2 Å². The Hall–Kier alpha value is -3.76. The normalized spacial score (nSPS) is 10.6. The van der Waals surface area contributed by atoms with E-state index in [1.807, 2.05) is 47.9 Å². The standard InChI is InChI=1S/C23H20ClN5O4S/c1-15-19(11-12-32-15)22-27-28-23(29(22)17-5-3-2-4-6-17)34-14-21(31)26-25-20(30)13-33-18-9-7-16(24)8-10-18/h2-12H,13-14H2,1H3,(H,25,30)(H,26,31). The average Bonchev–Trinajstić information content (AvgIpc) is 3.47. The van der Waals surface area contributed by atoms with Gasteiger partial charge < -0.3 is 9.15 Å². The summed E-state index contributed by atoms with van der Waals surface area (Å²) in [5.74, 6) is 0.904. The lowest BCUT2D eigenvalue weighted by Gasteiger charge is -2.10. The summed E-state index contributed by atoms with van der Waals surface area (Å²) in [7, 11) is 0. The van der Waals surface area contributed by atoms with Crippen molar-refractivity contribution in [3.8, 4) is 22.8 Å². The number of ether oxygens (including phenoxy) is 1. The van der Waals surface area contributed by atoms with Crippen LogP contribution in [0, 0.1) is 6.92 Å². The second-order valence-corrected chi connectivity index (χ2v) is 8.37. The lowest BCUT2D eigenvalue weighted by Crippen LogP contribution is -2.44. The van der Waals surface area contributed by atoms with E-state index in [0.717, 1.165) is 11.3 Å². The van der Waals surface area contributed by atoms with E-state index >= 15 is 0 Å². The maximum atomic E-state index is 12.3. The third kappa shape index (κ3) is 5.77. The maximum absolute atomic E-state index is 12.3. The van der Waals surface area contributed by atoms with Crippen molar-refractivity contribution in [2.24, 2.45) is 0 Å². The molecule has 0 aliphatic heterocycles. The van der Waals surface area contributed by atoms with Crippen LogP contribution in [0.2, 0.25) is 5.02 Å². The number of halogens is 1. The Morgan fingerprint density at radius 2 is 1.76 bits per heavy atom. The lowest BCUT2D eigenvalue weighted by molar-refractivity contribution is -0.128. The number of rotatable bonds is 8. The number of carbonyl (C=O) groups is 2. The molecule has 0 spiro atoms. The van der Waals surface area contributed by atoms with Gasteiger partial charge in [0.05, 0.1) is 17.6 Å². The van der Waals surface area contributed by atoms with E-state index in [4.69, 9.17) is 20.8 Å². The highest BCUT2D eigenvalue weighted by Crippen LogP contribution is 2.30. The quantitative estimate of drug-likeness (QED) is 0.281. The monoisotopic (exact) mass is 497 g/mol. The number of hydrazine groups is 1. The van der Waals surface area contributed by atoms with Crippen molar-refractivity contribution in [1.29, 1.82) is 0 Å². The Labute approximate surface area is 204 Å². The molecule has 2 N–H and O–H groups in total. The summed E-state index contributed by atoms with van der Waals surface area (Å²) >= 11 is 7.00. The first-order valence-corrected chi connectivity index (χ1v) is 11.5. The van der Waals surface area contributed by atoms with Gasteiger partial charge in [-0.1, -0.05) is 41.6 Å².